The van der Waals surface area contributed by atoms with Crippen LogP contribution in [-0.2, 0) is 0 Å². The zero-order chi connectivity index (χ0) is 14.8. The second-order valence-electron chi connectivity index (χ2n) is 4.47. The maximum absolute atomic E-state index is 11.5. The second kappa shape index (κ2) is 5.42. The van der Waals surface area contributed by atoms with Crippen molar-refractivity contribution >= 4 is 35.4 Å². The summed E-state index contributed by atoms with van der Waals surface area (Å²) in [6.45, 7) is 0. The molecule has 0 aliphatic rings. The summed E-state index contributed by atoms with van der Waals surface area (Å²) in [5.74, 6) is -1.03. The average molecular weight is 299 g/mol. The Morgan fingerprint density at radius 1 is 1.19 bits per heavy atom. The number of hydrogen-bond acceptors (Lipinski definition) is 2. The van der Waals surface area contributed by atoms with Crippen LogP contribution in [0.1, 0.15) is 21.7 Å². The van der Waals surface area contributed by atoms with E-state index in [1.807, 2.05) is 36.4 Å². The molecule has 3 rings (SSSR count). The molecule has 1 aromatic carbocycles. The summed E-state index contributed by atoms with van der Waals surface area (Å²) in [5, 5.41) is 9.91. The van der Waals surface area contributed by atoms with Crippen LogP contribution < -0.4 is 0 Å². The lowest BCUT2D eigenvalue weighted by atomic mass is 10.2. The topological polar surface area (TPSA) is 54.6 Å². The third kappa shape index (κ3) is 2.66. The zero-order valence-corrected chi connectivity index (χ0v) is 11.7. The predicted molar refractivity (Wildman–Crippen MR) is 82.5 cm³/mol. The first-order valence-electron chi connectivity index (χ1n) is 6.29. The number of rotatable bonds is 3. The molecular formula is C16H11ClN2O2. The van der Waals surface area contributed by atoms with Crippen LogP contribution in [0.2, 0.25) is 5.02 Å². The fourth-order valence-corrected chi connectivity index (χ4v) is 2.26. The van der Waals surface area contributed by atoms with E-state index >= 15 is 0 Å². The Kier molecular flexibility index (Phi) is 3.46. The average Bonchev–Trinajstić information content (AvgIpc) is 2.83. The van der Waals surface area contributed by atoms with Gasteiger partial charge in [-0.2, -0.15) is 0 Å². The van der Waals surface area contributed by atoms with Crippen LogP contribution in [0.3, 0.4) is 0 Å². The number of hydrogen-bond donors (Lipinski definition) is 1. The van der Waals surface area contributed by atoms with E-state index in [1.165, 1.54) is 4.40 Å². The van der Waals surface area contributed by atoms with Gasteiger partial charge in [0.25, 0.3) is 0 Å². The van der Waals surface area contributed by atoms with Gasteiger partial charge in [0.1, 0.15) is 5.65 Å². The quantitative estimate of drug-likeness (QED) is 0.799. The number of aromatic carboxylic acids is 1. The van der Waals surface area contributed by atoms with Crippen molar-refractivity contribution in [1.29, 1.82) is 0 Å². The van der Waals surface area contributed by atoms with E-state index in [9.17, 15) is 9.90 Å². The monoisotopic (exact) mass is 298 g/mol. The highest BCUT2D eigenvalue weighted by molar-refractivity contribution is 6.30. The highest BCUT2D eigenvalue weighted by atomic mass is 35.5. The van der Waals surface area contributed by atoms with Crippen molar-refractivity contribution in [3.05, 3.63) is 70.6 Å². The van der Waals surface area contributed by atoms with Crippen molar-refractivity contribution in [2.24, 2.45) is 0 Å². The number of halogens is 1. The van der Waals surface area contributed by atoms with E-state index < -0.39 is 5.97 Å². The maximum Gasteiger partial charge on any atom is 0.355 e. The third-order valence-electron chi connectivity index (χ3n) is 3.05. The molecule has 2 heterocycles. The minimum atomic E-state index is -1.03. The first-order valence-corrected chi connectivity index (χ1v) is 6.67. The Labute approximate surface area is 125 Å². The molecule has 0 radical (unpaired) electrons. The van der Waals surface area contributed by atoms with Crippen molar-refractivity contribution < 1.29 is 9.90 Å². The molecule has 1 N–H and O–H groups in total. The van der Waals surface area contributed by atoms with Crippen molar-refractivity contribution in [2.75, 3.05) is 0 Å². The van der Waals surface area contributed by atoms with Gasteiger partial charge in [-0.05, 0) is 17.7 Å². The van der Waals surface area contributed by atoms with Crippen molar-refractivity contribution in [1.82, 2.24) is 9.38 Å². The smallest absolute Gasteiger partial charge is 0.355 e. The maximum atomic E-state index is 11.5. The van der Waals surface area contributed by atoms with Crippen molar-refractivity contribution in [3.8, 4) is 0 Å². The summed E-state index contributed by atoms with van der Waals surface area (Å²) in [6.07, 6.45) is 5.13. The number of carboxylic acid groups (broad SMARTS) is 1. The van der Waals surface area contributed by atoms with Crippen LogP contribution in [0.4, 0.5) is 0 Å². The van der Waals surface area contributed by atoms with Crippen LogP contribution in [0.25, 0.3) is 17.8 Å². The summed E-state index contributed by atoms with van der Waals surface area (Å²) in [6, 6.07) is 12.9. The van der Waals surface area contributed by atoms with E-state index in [-0.39, 0.29) is 5.69 Å². The lowest BCUT2D eigenvalue weighted by Gasteiger charge is -1.97. The number of aromatic nitrogens is 2. The number of nitrogens with zero attached hydrogens (tertiary/aromatic N) is 2. The molecule has 2 aromatic heterocycles. The SMILES string of the molecule is O=C(O)c1c(/C=C/c2ccccc2)nc2cc(Cl)ccn12. The molecular weight excluding hydrogens is 288 g/mol. The van der Waals surface area contributed by atoms with Gasteiger partial charge in [-0.3, -0.25) is 4.40 Å². The van der Waals surface area contributed by atoms with Crippen LogP contribution in [0.15, 0.2) is 48.7 Å². The Morgan fingerprint density at radius 2 is 1.95 bits per heavy atom. The molecule has 0 saturated carbocycles. The number of imidazole rings is 1. The van der Waals surface area contributed by atoms with E-state index in [0.717, 1.165) is 5.56 Å². The van der Waals surface area contributed by atoms with Gasteiger partial charge in [0.05, 0.1) is 5.69 Å². The summed E-state index contributed by atoms with van der Waals surface area (Å²) < 4.78 is 1.51. The lowest BCUT2D eigenvalue weighted by Crippen LogP contribution is -2.03. The van der Waals surface area contributed by atoms with E-state index in [2.05, 4.69) is 4.98 Å². The summed E-state index contributed by atoms with van der Waals surface area (Å²) in [5.41, 5.74) is 2.00. The van der Waals surface area contributed by atoms with Gasteiger partial charge in [0.2, 0.25) is 0 Å². The molecule has 0 unspecified atom stereocenters. The predicted octanol–water partition coefficient (Wildman–Crippen LogP) is 3.86. The molecule has 0 atom stereocenters. The third-order valence-corrected chi connectivity index (χ3v) is 3.29. The second-order valence-corrected chi connectivity index (χ2v) is 4.90. The fourth-order valence-electron chi connectivity index (χ4n) is 2.11. The minimum absolute atomic E-state index is 0.119. The summed E-state index contributed by atoms with van der Waals surface area (Å²) >= 11 is 5.91. The van der Waals surface area contributed by atoms with Crippen LogP contribution in [0.5, 0.6) is 0 Å². The van der Waals surface area contributed by atoms with E-state index in [4.69, 9.17) is 11.6 Å². The first kappa shape index (κ1) is 13.4. The number of carboxylic acids is 1. The number of pyridine rings is 1. The van der Waals surface area contributed by atoms with E-state index in [1.54, 1.807) is 24.4 Å². The van der Waals surface area contributed by atoms with Gasteiger partial charge >= 0.3 is 5.97 Å². The van der Waals surface area contributed by atoms with Gasteiger partial charge < -0.3 is 5.11 Å². The zero-order valence-electron chi connectivity index (χ0n) is 10.9. The summed E-state index contributed by atoms with van der Waals surface area (Å²) in [7, 11) is 0. The molecule has 0 aliphatic heterocycles. The first-order chi connectivity index (χ1) is 10.1. The Bertz CT molecular complexity index is 838. The van der Waals surface area contributed by atoms with Gasteiger partial charge in [0.15, 0.2) is 5.69 Å². The Morgan fingerprint density at radius 3 is 2.67 bits per heavy atom. The largest absolute Gasteiger partial charge is 0.476 e. The molecule has 0 spiro atoms. The number of fused-ring (bicyclic) bond motifs is 1. The molecule has 0 aliphatic carbocycles. The lowest BCUT2D eigenvalue weighted by molar-refractivity contribution is 0.0689. The number of benzene rings is 1. The van der Waals surface area contributed by atoms with Crippen LogP contribution in [-0.4, -0.2) is 20.5 Å². The molecule has 0 fully saturated rings. The van der Waals surface area contributed by atoms with Crippen molar-refractivity contribution in [2.45, 2.75) is 0 Å². The molecule has 21 heavy (non-hydrogen) atoms. The van der Waals surface area contributed by atoms with Gasteiger partial charge in [0, 0.05) is 17.3 Å². The van der Waals surface area contributed by atoms with E-state index in [0.29, 0.717) is 16.4 Å². The van der Waals surface area contributed by atoms with Crippen LogP contribution in [0, 0.1) is 0 Å². The Hall–Kier alpha value is -2.59. The Balaban J connectivity index is 2.11. The molecule has 5 heteroatoms. The van der Waals surface area contributed by atoms with Gasteiger partial charge in [-0.1, -0.05) is 48.0 Å². The van der Waals surface area contributed by atoms with Crippen LogP contribution >= 0.6 is 11.6 Å². The highest BCUT2D eigenvalue weighted by Gasteiger charge is 2.16. The molecule has 4 nitrogen and oxygen atoms in total. The molecule has 104 valence electrons. The summed E-state index contributed by atoms with van der Waals surface area (Å²) in [4.78, 5) is 15.8. The highest BCUT2D eigenvalue weighted by Crippen LogP contribution is 2.19. The van der Waals surface area contributed by atoms with Gasteiger partial charge in [-0.15, -0.1) is 0 Å². The normalized spacial score (nSPS) is 11.3. The molecule has 3 aromatic rings. The van der Waals surface area contributed by atoms with Gasteiger partial charge in [-0.25, -0.2) is 9.78 Å². The molecule has 0 saturated heterocycles. The number of carbonyl (C=O) groups is 1. The standard InChI is InChI=1S/C16H11ClN2O2/c17-12-8-9-19-14(10-12)18-13(15(19)16(20)21)7-6-11-4-2-1-3-5-11/h1-10H,(H,20,21)/b7-6+. The minimum Gasteiger partial charge on any atom is -0.476 e. The van der Waals surface area contributed by atoms with Crippen molar-refractivity contribution in [3.63, 3.8) is 0 Å². The fraction of sp³-hybridized carbons (Fsp3) is 0. The molecule has 0 bridgehead atoms. The molecule has 0 amide bonds.